The highest BCUT2D eigenvalue weighted by Crippen LogP contribution is 2.45. The van der Waals surface area contributed by atoms with Crippen LogP contribution in [0.1, 0.15) is 11.1 Å². The molecule has 0 fully saturated rings. The van der Waals surface area contributed by atoms with Crippen molar-refractivity contribution in [2.45, 2.75) is 13.8 Å². The molecule has 2 aromatic carbocycles. The first-order valence-electron chi connectivity index (χ1n) is 5.80. The third-order valence-corrected chi connectivity index (χ3v) is 3.60. The number of hydrogen-bond donors (Lipinski definition) is 5. The molecule has 1 heterocycles. The number of aromatic nitrogens is 1. The van der Waals surface area contributed by atoms with E-state index >= 15 is 0 Å². The summed E-state index contributed by atoms with van der Waals surface area (Å²) in [6.45, 7) is 3.76. The fourth-order valence-electron chi connectivity index (χ4n) is 2.45. The summed E-state index contributed by atoms with van der Waals surface area (Å²) in [6, 6.07) is 3.00. The van der Waals surface area contributed by atoms with Crippen molar-refractivity contribution >= 4 is 21.8 Å². The number of fused-ring (bicyclic) bond motifs is 3. The Morgan fingerprint density at radius 1 is 0.842 bits per heavy atom. The van der Waals surface area contributed by atoms with Crippen molar-refractivity contribution in [2.24, 2.45) is 0 Å². The maximum atomic E-state index is 9.97. The summed E-state index contributed by atoms with van der Waals surface area (Å²) in [7, 11) is 0. The van der Waals surface area contributed by atoms with E-state index in [0.717, 1.165) is 16.5 Å². The lowest BCUT2D eigenvalue weighted by atomic mass is 10.0. The topological polar surface area (TPSA) is 96.7 Å². The Bertz CT molecular complexity index is 833. The van der Waals surface area contributed by atoms with Crippen molar-refractivity contribution in [3.8, 4) is 23.0 Å². The summed E-state index contributed by atoms with van der Waals surface area (Å²) in [6.07, 6.45) is 0. The summed E-state index contributed by atoms with van der Waals surface area (Å²) in [4.78, 5) is 2.88. The van der Waals surface area contributed by atoms with Crippen LogP contribution in [0.2, 0.25) is 0 Å². The molecule has 0 saturated heterocycles. The van der Waals surface area contributed by atoms with E-state index in [4.69, 9.17) is 0 Å². The highest BCUT2D eigenvalue weighted by atomic mass is 16.3. The summed E-state index contributed by atoms with van der Waals surface area (Å²) in [5.74, 6) is -1.34. The third kappa shape index (κ3) is 1.35. The van der Waals surface area contributed by atoms with Gasteiger partial charge in [-0.25, -0.2) is 0 Å². The minimum atomic E-state index is -0.576. The lowest BCUT2D eigenvalue weighted by Crippen LogP contribution is -1.82. The van der Waals surface area contributed by atoms with Gasteiger partial charge in [0.2, 0.25) is 5.75 Å². The number of H-pyrrole nitrogens is 1. The van der Waals surface area contributed by atoms with E-state index < -0.39 is 17.2 Å². The van der Waals surface area contributed by atoms with Crippen LogP contribution in [-0.4, -0.2) is 25.4 Å². The number of hydrogen-bond acceptors (Lipinski definition) is 4. The lowest BCUT2D eigenvalue weighted by Gasteiger charge is -2.05. The van der Waals surface area contributed by atoms with E-state index in [2.05, 4.69) is 4.98 Å². The zero-order valence-corrected chi connectivity index (χ0v) is 10.4. The standard InChI is InChI=1S/C14H13NO4/c1-5-3-8(16)12-10(6(5)2)7-4-9(17)13(18)14(19)11(7)15-12/h3-4,15-19H,1-2H3. The minimum absolute atomic E-state index is 0.0627. The molecule has 0 aliphatic rings. The van der Waals surface area contributed by atoms with E-state index in [9.17, 15) is 20.4 Å². The molecule has 0 unspecified atom stereocenters. The third-order valence-electron chi connectivity index (χ3n) is 3.60. The van der Waals surface area contributed by atoms with Gasteiger partial charge < -0.3 is 25.4 Å². The van der Waals surface area contributed by atoms with Gasteiger partial charge in [-0.15, -0.1) is 0 Å². The van der Waals surface area contributed by atoms with Gasteiger partial charge in [0.25, 0.3) is 0 Å². The molecule has 0 atom stereocenters. The number of nitrogens with one attached hydrogen (secondary N) is 1. The molecule has 5 nitrogen and oxygen atoms in total. The van der Waals surface area contributed by atoms with E-state index in [1.165, 1.54) is 6.07 Å². The first-order valence-corrected chi connectivity index (χ1v) is 5.80. The van der Waals surface area contributed by atoms with E-state index in [0.29, 0.717) is 10.9 Å². The molecule has 0 saturated carbocycles. The van der Waals surface area contributed by atoms with Crippen LogP contribution < -0.4 is 0 Å². The van der Waals surface area contributed by atoms with Gasteiger partial charge in [-0.3, -0.25) is 0 Å². The first-order chi connectivity index (χ1) is 8.91. The number of rotatable bonds is 0. The maximum absolute atomic E-state index is 9.97. The van der Waals surface area contributed by atoms with Crippen molar-refractivity contribution in [1.82, 2.24) is 4.98 Å². The monoisotopic (exact) mass is 259 g/mol. The molecule has 1 aromatic heterocycles. The predicted molar refractivity (Wildman–Crippen MR) is 71.9 cm³/mol. The predicted octanol–water partition coefficient (Wildman–Crippen LogP) is 2.76. The van der Waals surface area contributed by atoms with E-state index in [1.807, 2.05) is 13.8 Å². The minimum Gasteiger partial charge on any atom is -0.506 e. The largest absolute Gasteiger partial charge is 0.506 e. The van der Waals surface area contributed by atoms with Gasteiger partial charge in [0.1, 0.15) is 5.75 Å². The van der Waals surface area contributed by atoms with Gasteiger partial charge in [0.15, 0.2) is 11.5 Å². The summed E-state index contributed by atoms with van der Waals surface area (Å²) < 4.78 is 0. The summed E-state index contributed by atoms with van der Waals surface area (Å²) in [5, 5.41) is 40.3. The molecule has 3 aromatic rings. The average molecular weight is 259 g/mol. The van der Waals surface area contributed by atoms with E-state index in [1.54, 1.807) is 6.07 Å². The van der Waals surface area contributed by atoms with Gasteiger partial charge in [0.05, 0.1) is 11.0 Å². The molecule has 5 heteroatoms. The molecule has 98 valence electrons. The van der Waals surface area contributed by atoms with Crippen molar-refractivity contribution < 1.29 is 20.4 Å². The van der Waals surface area contributed by atoms with Crippen molar-refractivity contribution in [3.05, 3.63) is 23.3 Å². The molecular weight excluding hydrogens is 246 g/mol. The highest BCUT2D eigenvalue weighted by Gasteiger charge is 2.18. The Balaban J connectivity index is 2.66. The van der Waals surface area contributed by atoms with E-state index in [-0.39, 0.29) is 11.3 Å². The normalized spacial score (nSPS) is 11.5. The Morgan fingerprint density at radius 3 is 2.21 bits per heavy atom. The Morgan fingerprint density at radius 2 is 1.53 bits per heavy atom. The second-order valence-electron chi connectivity index (χ2n) is 4.73. The smallest absolute Gasteiger partial charge is 0.202 e. The Kier molecular flexibility index (Phi) is 2.11. The highest BCUT2D eigenvalue weighted by molar-refractivity contribution is 6.13. The van der Waals surface area contributed by atoms with Crippen molar-refractivity contribution in [2.75, 3.05) is 0 Å². The molecule has 19 heavy (non-hydrogen) atoms. The van der Waals surface area contributed by atoms with Crippen LogP contribution in [0.5, 0.6) is 23.0 Å². The van der Waals surface area contributed by atoms with Gasteiger partial charge in [-0.05, 0) is 37.1 Å². The average Bonchev–Trinajstić information content (AvgIpc) is 2.73. The van der Waals surface area contributed by atoms with Crippen LogP contribution in [-0.2, 0) is 0 Å². The summed E-state index contributed by atoms with van der Waals surface area (Å²) in [5.41, 5.74) is 2.59. The number of aromatic hydroxyl groups is 4. The number of phenolic OH excluding ortho intramolecular Hbond substituents is 4. The molecule has 0 spiro atoms. The molecule has 0 amide bonds. The molecular formula is C14H13NO4. The molecule has 5 N–H and O–H groups in total. The first kappa shape index (κ1) is 11.5. The Hall–Kier alpha value is -2.56. The summed E-state index contributed by atoms with van der Waals surface area (Å²) >= 11 is 0. The lowest BCUT2D eigenvalue weighted by molar-refractivity contribution is 0.371. The fraction of sp³-hybridized carbons (Fsp3) is 0.143. The van der Waals surface area contributed by atoms with Gasteiger partial charge in [-0.2, -0.15) is 0 Å². The van der Waals surface area contributed by atoms with Gasteiger partial charge in [0, 0.05) is 10.8 Å². The second kappa shape index (κ2) is 3.47. The second-order valence-corrected chi connectivity index (χ2v) is 4.73. The van der Waals surface area contributed by atoms with Crippen molar-refractivity contribution in [3.63, 3.8) is 0 Å². The van der Waals surface area contributed by atoms with Crippen LogP contribution in [0.15, 0.2) is 12.1 Å². The number of benzene rings is 2. The number of aryl methyl sites for hydroxylation is 2. The number of phenols is 4. The molecule has 0 bridgehead atoms. The zero-order chi connectivity index (χ0) is 13.9. The molecule has 0 aliphatic heterocycles. The molecule has 0 aliphatic carbocycles. The van der Waals surface area contributed by atoms with Crippen molar-refractivity contribution in [1.29, 1.82) is 0 Å². The SMILES string of the molecule is Cc1cc(O)c2[nH]c3c(O)c(O)c(O)cc3c2c1C. The fourth-order valence-corrected chi connectivity index (χ4v) is 2.45. The number of aromatic amines is 1. The molecule has 0 radical (unpaired) electrons. The zero-order valence-electron chi connectivity index (χ0n) is 10.4. The quantitative estimate of drug-likeness (QED) is 0.401. The van der Waals surface area contributed by atoms with Gasteiger partial charge in [-0.1, -0.05) is 0 Å². The van der Waals surface area contributed by atoms with Crippen LogP contribution in [0, 0.1) is 13.8 Å². The maximum Gasteiger partial charge on any atom is 0.202 e. The van der Waals surface area contributed by atoms with Crippen LogP contribution in [0.3, 0.4) is 0 Å². The molecule has 3 rings (SSSR count). The van der Waals surface area contributed by atoms with Crippen LogP contribution >= 0.6 is 0 Å². The van der Waals surface area contributed by atoms with Gasteiger partial charge >= 0.3 is 0 Å². The van der Waals surface area contributed by atoms with Crippen LogP contribution in [0.25, 0.3) is 21.8 Å². The Labute approximate surface area is 108 Å². The van der Waals surface area contributed by atoms with Crippen LogP contribution in [0.4, 0.5) is 0 Å².